The lowest BCUT2D eigenvalue weighted by Gasteiger charge is -2.21. The first-order valence-electron chi connectivity index (χ1n) is 6.72. The lowest BCUT2D eigenvalue weighted by atomic mass is 10.2. The summed E-state index contributed by atoms with van der Waals surface area (Å²) in [7, 11) is 0. The Morgan fingerprint density at radius 3 is 2.43 bits per heavy atom. The van der Waals surface area contributed by atoms with E-state index in [1.54, 1.807) is 11.3 Å². The molecule has 0 aliphatic heterocycles. The smallest absolute Gasteiger partial charge is 0.264 e. The van der Waals surface area contributed by atoms with E-state index in [9.17, 15) is 4.79 Å². The minimum absolute atomic E-state index is 0. The summed E-state index contributed by atoms with van der Waals surface area (Å²) in [6.45, 7) is 5.73. The number of nitrogens with zero attached hydrogens (tertiary/aromatic N) is 1. The zero-order valence-corrected chi connectivity index (χ0v) is 14.0. The third-order valence-corrected chi connectivity index (χ3v) is 4.42. The molecule has 2 aromatic rings. The van der Waals surface area contributed by atoms with Crippen molar-refractivity contribution < 1.29 is 4.79 Å². The van der Waals surface area contributed by atoms with Gasteiger partial charge in [0, 0.05) is 24.5 Å². The molecule has 0 bridgehead atoms. The van der Waals surface area contributed by atoms with Crippen LogP contribution in [0.4, 0.5) is 0 Å². The number of halogens is 1. The van der Waals surface area contributed by atoms with Crippen molar-refractivity contribution in [3.8, 4) is 0 Å². The Balaban J connectivity index is 0.00000220. The molecule has 2 N–H and O–H groups in total. The van der Waals surface area contributed by atoms with Crippen molar-refractivity contribution in [2.24, 2.45) is 5.73 Å². The second kappa shape index (κ2) is 8.17. The summed E-state index contributed by atoms with van der Waals surface area (Å²) in [4.78, 5) is 16.4. The molecule has 0 fully saturated rings. The number of amides is 1. The van der Waals surface area contributed by atoms with E-state index in [0.717, 1.165) is 10.4 Å². The van der Waals surface area contributed by atoms with Crippen LogP contribution in [0.15, 0.2) is 36.4 Å². The van der Waals surface area contributed by atoms with E-state index in [-0.39, 0.29) is 18.3 Å². The van der Waals surface area contributed by atoms with Gasteiger partial charge in [-0.2, -0.15) is 0 Å². The van der Waals surface area contributed by atoms with Crippen LogP contribution >= 0.6 is 23.7 Å². The van der Waals surface area contributed by atoms with Crippen LogP contribution in [0.5, 0.6) is 0 Å². The number of thiophene rings is 1. The Kier molecular flexibility index (Phi) is 6.89. The fourth-order valence-corrected chi connectivity index (χ4v) is 3.05. The molecule has 2 rings (SSSR count). The molecule has 0 radical (unpaired) electrons. The lowest BCUT2D eigenvalue weighted by molar-refractivity contribution is 0.0753. The predicted octanol–water partition coefficient (Wildman–Crippen LogP) is 3.39. The Morgan fingerprint density at radius 2 is 1.90 bits per heavy atom. The minimum atomic E-state index is 0. The van der Waals surface area contributed by atoms with E-state index in [0.29, 0.717) is 19.6 Å². The lowest BCUT2D eigenvalue weighted by Crippen LogP contribution is -2.34. The zero-order valence-electron chi connectivity index (χ0n) is 12.3. The minimum Gasteiger partial charge on any atom is -0.332 e. The van der Waals surface area contributed by atoms with Crippen molar-refractivity contribution in [2.75, 3.05) is 13.1 Å². The molecule has 1 heterocycles. The largest absolute Gasteiger partial charge is 0.332 e. The molecular formula is C16H21ClN2OS. The highest BCUT2D eigenvalue weighted by atomic mass is 35.5. The Morgan fingerprint density at radius 1 is 1.24 bits per heavy atom. The van der Waals surface area contributed by atoms with Gasteiger partial charge in [-0.1, -0.05) is 30.3 Å². The molecule has 0 aliphatic carbocycles. The summed E-state index contributed by atoms with van der Waals surface area (Å²) in [6.07, 6.45) is 0. The first-order valence-corrected chi connectivity index (χ1v) is 7.53. The topological polar surface area (TPSA) is 46.3 Å². The molecule has 0 unspecified atom stereocenters. The third kappa shape index (κ3) is 4.56. The first kappa shape index (κ1) is 17.7. The highest BCUT2D eigenvalue weighted by Gasteiger charge is 2.18. The molecule has 1 amide bonds. The predicted molar refractivity (Wildman–Crippen MR) is 91.3 cm³/mol. The standard InChI is InChI=1S/C16H20N2OS.ClH/c1-12-10-15(20-13(12)2)16(19)18(9-8-17)11-14-6-4-3-5-7-14;/h3-7,10H,8-9,11,17H2,1-2H3;1H. The highest BCUT2D eigenvalue weighted by Crippen LogP contribution is 2.22. The maximum absolute atomic E-state index is 12.6. The maximum atomic E-state index is 12.6. The summed E-state index contributed by atoms with van der Waals surface area (Å²) in [6, 6.07) is 12.0. The van der Waals surface area contributed by atoms with Gasteiger partial charge < -0.3 is 10.6 Å². The Labute approximate surface area is 136 Å². The molecule has 3 nitrogen and oxygen atoms in total. The number of benzene rings is 1. The molecule has 1 aromatic heterocycles. The van der Waals surface area contributed by atoms with Crippen molar-refractivity contribution in [2.45, 2.75) is 20.4 Å². The van der Waals surface area contributed by atoms with Gasteiger partial charge in [-0.3, -0.25) is 4.79 Å². The summed E-state index contributed by atoms with van der Waals surface area (Å²) in [5.74, 6) is 0.0699. The number of nitrogens with two attached hydrogens (primary N) is 1. The van der Waals surface area contributed by atoms with Crippen molar-refractivity contribution >= 4 is 29.7 Å². The molecule has 0 saturated heterocycles. The van der Waals surface area contributed by atoms with Crippen molar-refractivity contribution in [3.05, 3.63) is 57.3 Å². The number of carbonyl (C=O) groups excluding carboxylic acids is 1. The molecule has 21 heavy (non-hydrogen) atoms. The van der Waals surface area contributed by atoms with E-state index in [1.807, 2.05) is 55.1 Å². The van der Waals surface area contributed by atoms with Gasteiger partial charge in [0.05, 0.1) is 4.88 Å². The summed E-state index contributed by atoms with van der Waals surface area (Å²) in [5, 5.41) is 0. The fourth-order valence-electron chi connectivity index (χ4n) is 2.05. The quantitative estimate of drug-likeness (QED) is 0.916. The molecule has 0 spiro atoms. The molecule has 0 aliphatic rings. The van der Waals surface area contributed by atoms with Gasteiger partial charge >= 0.3 is 0 Å². The van der Waals surface area contributed by atoms with Gasteiger partial charge in [0.25, 0.3) is 5.91 Å². The Hall–Kier alpha value is -1.36. The third-order valence-electron chi connectivity index (χ3n) is 3.28. The molecule has 0 atom stereocenters. The van der Waals surface area contributed by atoms with Gasteiger partial charge in [-0.05, 0) is 31.0 Å². The second-order valence-electron chi connectivity index (χ2n) is 4.85. The van der Waals surface area contributed by atoms with Gasteiger partial charge in [0.1, 0.15) is 0 Å². The number of hydrogen-bond donors (Lipinski definition) is 1. The molecule has 5 heteroatoms. The summed E-state index contributed by atoms with van der Waals surface area (Å²) in [5.41, 5.74) is 7.94. The van der Waals surface area contributed by atoms with Crippen LogP contribution in [0.2, 0.25) is 0 Å². The van der Waals surface area contributed by atoms with E-state index in [1.165, 1.54) is 10.4 Å². The Bertz CT molecular complexity index is 564. The van der Waals surface area contributed by atoms with Crippen LogP contribution in [0.25, 0.3) is 0 Å². The van der Waals surface area contributed by atoms with Crippen LogP contribution in [-0.2, 0) is 6.54 Å². The van der Waals surface area contributed by atoms with Crippen LogP contribution in [0, 0.1) is 13.8 Å². The average molecular weight is 325 g/mol. The van der Waals surface area contributed by atoms with Crippen molar-refractivity contribution in [1.29, 1.82) is 0 Å². The van der Waals surface area contributed by atoms with E-state index in [4.69, 9.17) is 5.73 Å². The van der Waals surface area contributed by atoms with E-state index in [2.05, 4.69) is 0 Å². The number of rotatable bonds is 5. The maximum Gasteiger partial charge on any atom is 0.264 e. The SMILES string of the molecule is Cc1cc(C(=O)N(CCN)Cc2ccccc2)sc1C.Cl. The van der Waals surface area contributed by atoms with E-state index < -0.39 is 0 Å². The monoisotopic (exact) mass is 324 g/mol. The summed E-state index contributed by atoms with van der Waals surface area (Å²) >= 11 is 1.56. The number of hydrogen-bond acceptors (Lipinski definition) is 3. The highest BCUT2D eigenvalue weighted by molar-refractivity contribution is 7.14. The van der Waals surface area contributed by atoms with Crippen LogP contribution in [0.1, 0.15) is 25.7 Å². The van der Waals surface area contributed by atoms with Gasteiger partial charge in [0.15, 0.2) is 0 Å². The zero-order chi connectivity index (χ0) is 14.5. The van der Waals surface area contributed by atoms with E-state index >= 15 is 0 Å². The van der Waals surface area contributed by atoms with Gasteiger partial charge in [-0.25, -0.2) is 0 Å². The molecule has 1 aromatic carbocycles. The van der Waals surface area contributed by atoms with Crippen LogP contribution in [0.3, 0.4) is 0 Å². The normalized spacial score (nSPS) is 10.0. The number of carbonyl (C=O) groups is 1. The van der Waals surface area contributed by atoms with Crippen LogP contribution in [-0.4, -0.2) is 23.9 Å². The first-order chi connectivity index (χ1) is 9.61. The molecular weight excluding hydrogens is 304 g/mol. The molecule has 0 saturated carbocycles. The fraction of sp³-hybridized carbons (Fsp3) is 0.312. The second-order valence-corrected chi connectivity index (χ2v) is 6.11. The summed E-state index contributed by atoms with van der Waals surface area (Å²) < 4.78 is 0. The van der Waals surface area contributed by atoms with Gasteiger partial charge in [-0.15, -0.1) is 23.7 Å². The van der Waals surface area contributed by atoms with Crippen LogP contribution < -0.4 is 5.73 Å². The number of aryl methyl sites for hydroxylation is 2. The molecule has 114 valence electrons. The van der Waals surface area contributed by atoms with Crippen molar-refractivity contribution in [3.63, 3.8) is 0 Å². The van der Waals surface area contributed by atoms with Gasteiger partial charge in [0.2, 0.25) is 0 Å². The van der Waals surface area contributed by atoms with Crippen molar-refractivity contribution in [1.82, 2.24) is 4.90 Å². The average Bonchev–Trinajstić information content (AvgIpc) is 2.78.